The summed E-state index contributed by atoms with van der Waals surface area (Å²) in [4.78, 5) is 29.4. The van der Waals surface area contributed by atoms with Gasteiger partial charge in [0.2, 0.25) is 0 Å². The van der Waals surface area contributed by atoms with E-state index < -0.39 is 0 Å². The lowest BCUT2D eigenvalue weighted by atomic mass is 9.94. The summed E-state index contributed by atoms with van der Waals surface area (Å²) in [6.45, 7) is 5.33. The summed E-state index contributed by atoms with van der Waals surface area (Å²) in [6, 6.07) is 5.31. The Kier molecular flexibility index (Phi) is 4.63. The third-order valence-corrected chi connectivity index (χ3v) is 5.22. The predicted molar refractivity (Wildman–Crippen MR) is 101 cm³/mol. The van der Waals surface area contributed by atoms with Crippen molar-refractivity contribution in [3.05, 3.63) is 34.4 Å². The van der Waals surface area contributed by atoms with Gasteiger partial charge in [-0.2, -0.15) is 0 Å². The Balaban J connectivity index is 1.42. The van der Waals surface area contributed by atoms with Crippen LogP contribution >= 0.6 is 0 Å². The predicted octanol–water partition coefficient (Wildman–Crippen LogP) is 1.80. The highest BCUT2D eigenvalue weighted by molar-refractivity contribution is 5.80. The van der Waals surface area contributed by atoms with E-state index in [0.29, 0.717) is 29.8 Å². The average Bonchev–Trinajstić information content (AvgIpc) is 3.08. The standard InChI is InChI=1S/C20H25N3O4/c1-20(2)11-13(7-9-27-20)21-18(24)12-26-14-5-6-16-15(10-14)19(25)23-8-3-4-17(23)22-16/h5-6,10,13H,3-4,7-9,11-12H2,1-2H3,(H,21,24)/t13-/m0/s1. The lowest BCUT2D eigenvalue weighted by Crippen LogP contribution is -2.47. The second-order valence-electron chi connectivity index (χ2n) is 7.92. The number of ether oxygens (including phenoxy) is 2. The van der Waals surface area contributed by atoms with E-state index in [4.69, 9.17) is 9.47 Å². The van der Waals surface area contributed by atoms with Crippen molar-refractivity contribution in [2.24, 2.45) is 0 Å². The van der Waals surface area contributed by atoms with E-state index in [9.17, 15) is 9.59 Å². The van der Waals surface area contributed by atoms with Crippen molar-refractivity contribution in [1.29, 1.82) is 0 Å². The Morgan fingerprint density at radius 2 is 2.30 bits per heavy atom. The molecular formula is C20H25N3O4. The molecule has 1 aromatic carbocycles. The molecule has 1 amide bonds. The van der Waals surface area contributed by atoms with Gasteiger partial charge in [0.05, 0.1) is 16.5 Å². The fraction of sp³-hybridized carbons (Fsp3) is 0.550. The number of amides is 1. The fourth-order valence-corrected chi connectivity index (χ4v) is 3.93. The van der Waals surface area contributed by atoms with Crippen LogP contribution in [-0.2, 0) is 22.5 Å². The zero-order chi connectivity index (χ0) is 19.0. The van der Waals surface area contributed by atoms with Gasteiger partial charge in [-0.05, 0) is 51.3 Å². The summed E-state index contributed by atoms with van der Waals surface area (Å²) in [5.41, 5.74) is 0.423. The third kappa shape index (κ3) is 3.83. The lowest BCUT2D eigenvalue weighted by Gasteiger charge is -2.35. The zero-order valence-corrected chi connectivity index (χ0v) is 15.8. The molecule has 27 heavy (non-hydrogen) atoms. The Bertz CT molecular complexity index is 935. The maximum atomic E-state index is 12.6. The molecule has 0 saturated carbocycles. The molecule has 144 valence electrons. The second-order valence-corrected chi connectivity index (χ2v) is 7.92. The van der Waals surface area contributed by atoms with Gasteiger partial charge >= 0.3 is 0 Å². The van der Waals surface area contributed by atoms with E-state index in [2.05, 4.69) is 10.3 Å². The minimum atomic E-state index is -0.217. The molecular weight excluding hydrogens is 346 g/mol. The highest BCUT2D eigenvalue weighted by Gasteiger charge is 2.29. The van der Waals surface area contributed by atoms with E-state index in [1.165, 1.54) is 0 Å². The number of nitrogens with zero attached hydrogens (tertiary/aromatic N) is 2. The van der Waals surface area contributed by atoms with Crippen LogP contribution in [0.4, 0.5) is 0 Å². The molecule has 7 nitrogen and oxygen atoms in total. The number of hydrogen-bond donors (Lipinski definition) is 1. The Hall–Kier alpha value is -2.41. The molecule has 1 atom stereocenters. The highest BCUT2D eigenvalue weighted by atomic mass is 16.5. The molecule has 4 rings (SSSR count). The number of benzene rings is 1. The largest absolute Gasteiger partial charge is 0.484 e. The van der Waals surface area contributed by atoms with E-state index in [-0.39, 0.29) is 29.7 Å². The topological polar surface area (TPSA) is 82.5 Å². The number of hydrogen-bond acceptors (Lipinski definition) is 5. The first-order valence-electron chi connectivity index (χ1n) is 9.51. The van der Waals surface area contributed by atoms with Gasteiger partial charge in [-0.1, -0.05) is 0 Å². The van der Waals surface area contributed by atoms with Crippen molar-refractivity contribution in [3.63, 3.8) is 0 Å². The molecule has 0 bridgehead atoms. The van der Waals surface area contributed by atoms with Gasteiger partial charge in [-0.25, -0.2) is 4.98 Å². The Morgan fingerprint density at radius 1 is 1.44 bits per heavy atom. The summed E-state index contributed by atoms with van der Waals surface area (Å²) in [5.74, 6) is 1.18. The van der Waals surface area contributed by atoms with Crippen LogP contribution < -0.4 is 15.6 Å². The molecule has 2 aliphatic heterocycles. The van der Waals surface area contributed by atoms with Gasteiger partial charge in [0.15, 0.2) is 6.61 Å². The minimum Gasteiger partial charge on any atom is -0.484 e. The van der Waals surface area contributed by atoms with Crippen LogP contribution in [0.5, 0.6) is 5.75 Å². The SMILES string of the molecule is CC1(C)C[C@@H](NC(=O)COc2ccc3nc4n(c(=O)c3c2)CCC4)CCO1. The molecule has 2 aliphatic rings. The zero-order valence-electron chi connectivity index (χ0n) is 15.8. The molecule has 1 saturated heterocycles. The van der Waals surface area contributed by atoms with Crippen LogP contribution in [0.15, 0.2) is 23.0 Å². The number of fused-ring (bicyclic) bond motifs is 2. The molecule has 1 aromatic heterocycles. The van der Waals surface area contributed by atoms with E-state index in [1.807, 2.05) is 13.8 Å². The quantitative estimate of drug-likeness (QED) is 0.886. The molecule has 2 aromatic rings. The normalized spacial score (nSPS) is 21.0. The van der Waals surface area contributed by atoms with Gasteiger partial charge in [0.25, 0.3) is 11.5 Å². The van der Waals surface area contributed by atoms with Crippen molar-refractivity contribution in [2.75, 3.05) is 13.2 Å². The smallest absolute Gasteiger partial charge is 0.261 e. The summed E-state index contributed by atoms with van der Waals surface area (Å²) < 4.78 is 13.0. The van der Waals surface area contributed by atoms with E-state index >= 15 is 0 Å². The highest BCUT2D eigenvalue weighted by Crippen LogP contribution is 2.24. The molecule has 1 fully saturated rings. The summed E-state index contributed by atoms with van der Waals surface area (Å²) in [5, 5.41) is 3.54. The van der Waals surface area contributed by atoms with Crippen molar-refractivity contribution in [2.45, 2.75) is 57.7 Å². The second kappa shape index (κ2) is 6.96. The maximum absolute atomic E-state index is 12.6. The molecule has 0 spiro atoms. The number of rotatable bonds is 4. The maximum Gasteiger partial charge on any atom is 0.261 e. The Morgan fingerprint density at radius 3 is 3.11 bits per heavy atom. The molecule has 3 heterocycles. The van der Waals surface area contributed by atoms with Crippen molar-refractivity contribution in [1.82, 2.24) is 14.9 Å². The van der Waals surface area contributed by atoms with Gasteiger partial charge in [-0.15, -0.1) is 0 Å². The molecule has 1 N–H and O–H groups in total. The average molecular weight is 371 g/mol. The number of aryl methyl sites for hydroxylation is 1. The van der Waals surface area contributed by atoms with E-state index in [0.717, 1.165) is 31.5 Å². The first kappa shape index (κ1) is 18.0. The minimum absolute atomic E-state index is 0.0353. The number of aromatic nitrogens is 2. The molecule has 7 heteroatoms. The fourth-order valence-electron chi connectivity index (χ4n) is 3.93. The van der Waals surface area contributed by atoms with E-state index in [1.54, 1.807) is 22.8 Å². The first-order chi connectivity index (χ1) is 12.9. The monoisotopic (exact) mass is 371 g/mol. The first-order valence-corrected chi connectivity index (χ1v) is 9.51. The number of nitrogens with one attached hydrogen (secondary N) is 1. The van der Waals surface area contributed by atoms with Gasteiger partial charge in [0.1, 0.15) is 11.6 Å². The van der Waals surface area contributed by atoms with Gasteiger partial charge in [-0.3, -0.25) is 14.2 Å². The number of carbonyl (C=O) groups excluding carboxylic acids is 1. The lowest BCUT2D eigenvalue weighted by molar-refractivity contribution is -0.126. The van der Waals surface area contributed by atoms with Crippen LogP contribution in [0.25, 0.3) is 10.9 Å². The van der Waals surface area contributed by atoms with Crippen molar-refractivity contribution >= 4 is 16.8 Å². The van der Waals surface area contributed by atoms with Crippen LogP contribution in [-0.4, -0.2) is 40.3 Å². The molecule has 0 aliphatic carbocycles. The summed E-state index contributed by atoms with van der Waals surface area (Å²) in [7, 11) is 0. The number of carbonyl (C=O) groups is 1. The van der Waals surface area contributed by atoms with Crippen LogP contribution in [0.1, 0.15) is 38.9 Å². The van der Waals surface area contributed by atoms with Crippen LogP contribution in [0.2, 0.25) is 0 Å². The molecule has 0 unspecified atom stereocenters. The van der Waals surface area contributed by atoms with Crippen molar-refractivity contribution in [3.8, 4) is 5.75 Å². The van der Waals surface area contributed by atoms with Crippen LogP contribution in [0, 0.1) is 0 Å². The Labute approximate surface area is 157 Å². The molecule has 0 radical (unpaired) electrons. The summed E-state index contributed by atoms with van der Waals surface area (Å²) >= 11 is 0. The van der Waals surface area contributed by atoms with Gasteiger partial charge in [0, 0.05) is 25.6 Å². The third-order valence-electron chi connectivity index (χ3n) is 5.22. The summed E-state index contributed by atoms with van der Waals surface area (Å²) in [6.07, 6.45) is 3.37. The van der Waals surface area contributed by atoms with Crippen LogP contribution in [0.3, 0.4) is 0 Å². The van der Waals surface area contributed by atoms with Gasteiger partial charge < -0.3 is 14.8 Å². The van der Waals surface area contributed by atoms with Crippen molar-refractivity contribution < 1.29 is 14.3 Å².